The Balaban J connectivity index is 2.26. The monoisotopic (exact) mass is 248 g/mol. The van der Waals surface area contributed by atoms with Crippen molar-refractivity contribution in [2.45, 2.75) is 45.4 Å². The summed E-state index contributed by atoms with van der Waals surface area (Å²) >= 11 is 0. The molecule has 1 aromatic rings. The summed E-state index contributed by atoms with van der Waals surface area (Å²) in [7, 11) is 0. The van der Waals surface area contributed by atoms with Gasteiger partial charge >= 0.3 is 5.91 Å². The van der Waals surface area contributed by atoms with Gasteiger partial charge in [-0.2, -0.15) is 9.47 Å². The second kappa shape index (κ2) is 3.03. The quantitative estimate of drug-likeness (QED) is 0.557. The molecule has 3 rings (SSSR count). The first-order chi connectivity index (χ1) is 8.31. The molecule has 2 aliphatic rings. The summed E-state index contributed by atoms with van der Waals surface area (Å²) in [6, 6.07) is 3.98. The Morgan fingerprint density at radius 3 is 2.50 bits per heavy atom. The summed E-state index contributed by atoms with van der Waals surface area (Å²) < 4.78 is 6.05. The molecule has 1 saturated heterocycles. The van der Waals surface area contributed by atoms with E-state index in [1.54, 1.807) is 6.07 Å². The first-order valence-electron chi connectivity index (χ1n) is 6.21. The maximum Gasteiger partial charge on any atom is 0.364 e. The number of nitrogens with zero attached hydrogens (tertiary/aromatic N) is 2. The summed E-state index contributed by atoms with van der Waals surface area (Å²) in [6.07, 6.45) is 0. The van der Waals surface area contributed by atoms with Crippen molar-refractivity contribution < 1.29 is 9.53 Å². The van der Waals surface area contributed by atoms with Crippen LogP contribution in [0.25, 0.3) is 0 Å². The van der Waals surface area contributed by atoms with Crippen molar-refractivity contribution in [1.29, 1.82) is 0 Å². The van der Waals surface area contributed by atoms with Crippen LogP contribution in [0.5, 0.6) is 5.75 Å². The molecule has 5 nitrogen and oxygen atoms in total. The lowest BCUT2D eigenvalue weighted by atomic mass is 10.1. The van der Waals surface area contributed by atoms with E-state index in [1.165, 1.54) is 0 Å². The normalized spacial score (nSPS) is 36.1. The number of hydrogen-bond acceptors (Lipinski definition) is 4. The lowest BCUT2D eigenvalue weighted by Gasteiger charge is -2.34. The van der Waals surface area contributed by atoms with Gasteiger partial charge in [-0.25, -0.2) is 4.79 Å². The Kier molecular flexibility index (Phi) is 1.93. The molecule has 3 atom stereocenters. The SMILES string of the molecule is CC1[C@H](C)[N+]12C(=O)C(C)(C)Oc1ccc(N)nc12. The predicted molar refractivity (Wildman–Crippen MR) is 69.1 cm³/mol. The number of fused-ring (bicyclic) bond motifs is 2. The minimum atomic E-state index is -0.816. The Morgan fingerprint density at radius 2 is 1.94 bits per heavy atom. The Labute approximate surface area is 106 Å². The molecule has 0 aromatic carbocycles. The highest BCUT2D eigenvalue weighted by atomic mass is 16.5. The van der Waals surface area contributed by atoms with Crippen LogP contribution in [0, 0.1) is 0 Å². The van der Waals surface area contributed by atoms with E-state index < -0.39 is 5.60 Å². The molecule has 2 N–H and O–H groups in total. The van der Waals surface area contributed by atoms with Crippen LogP contribution in [-0.4, -0.2) is 28.6 Å². The standard InChI is InChI=1S/C13H18N3O2/c1-7-8(2)16(7)11-9(5-6-10(14)15-11)18-13(3,4)12(16)17/h5-8H,1-4H3,(H2,14,15)/q+1/t7-,8?,16?/m0/s1. The van der Waals surface area contributed by atoms with Crippen LogP contribution in [-0.2, 0) is 4.79 Å². The zero-order chi connectivity index (χ0) is 13.3. The van der Waals surface area contributed by atoms with Crippen molar-refractivity contribution in [2.75, 3.05) is 5.73 Å². The van der Waals surface area contributed by atoms with Crippen LogP contribution in [0.3, 0.4) is 0 Å². The van der Waals surface area contributed by atoms with Crippen molar-refractivity contribution >= 4 is 17.5 Å². The lowest BCUT2D eigenvalue weighted by Crippen LogP contribution is -2.57. The van der Waals surface area contributed by atoms with Crippen molar-refractivity contribution in [3.63, 3.8) is 0 Å². The predicted octanol–water partition coefficient (Wildman–Crippen LogP) is 1.46. The fourth-order valence-electron chi connectivity index (χ4n) is 3.10. The molecule has 2 unspecified atom stereocenters. The number of ether oxygens (including phenoxy) is 1. The van der Waals surface area contributed by atoms with Gasteiger partial charge in [0.25, 0.3) is 5.82 Å². The molecular formula is C13H18N3O2+. The van der Waals surface area contributed by atoms with Crippen LogP contribution in [0.1, 0.15) is 27.7 Å². The van der Waals surface area contributed by atoms with E-state index in [0.717, 1.165) is 0 Å². The molecule has 1 fully saturated rings. The highest BCUT2D eigenvalue weighted by molar-refractivity contribution is 6.01. The van der Waals surface area contributed by atoms with Gasteiger partial charge in [-0.15, -0.1) is 0 Å². The zero-order valence-electron chi connectivity index (χ0n) is 11.1. The number of quaternary nitrogens is 1. The van der Waals surface area contributed by atoms with E-state index in [1.807, 2.05) is 19.9 Å². The molecule has 1 amide bonds. The molecule has 3 heterocycles. The van der Waals surface area contributed by atoms with E-state index in [9.17, 15) is 4.79 Å². The van der Waals surface area contributed by atoms with Crippen LogP contribution in [0.2, 0.25) is 0 Å². The van der Waals surface area contributed by atoms with Crippen LogP contribution >= 0.6 is 0 Å². The van der Waals surface area contributed by atoms with E-state index >= 15 is 0 Å². The highest BCUT2D eigenvalue weighted by Crippen LogP contribution is 2.53. The first-order valence-corrected chi connectivity index (χ1v) is 6.21. The van der Waals surface area contributed by atoms with Crippen molar-refractivity contribution in [3.05, 3.63) is 12.1 Å². The number of hydrogen-bond donors (Lipinski definition) is 1. The number of anilines is 1. The third-order valence-corrected chi connectivity index (χ3v) is 4.32. The van der Waals surface area contributed by atoms with Crippen LogP contribution < -0.4 is 15.0 Å². The summed E-state index contributed by atoms with van der Waals surface area (Å²) in [6.45, 7) is 7.76. The molecule has 0 bridgehead atoms. The second-order valence-corrected chi connectivity index (χ2v) is 5.73. The van der Waals surface area contributed by atoms with Gasteiger partial charge in [0.2, 0.25) is 11.4 Å². The Bertz CT molecular complexity index is 545. The molecule has 96 valence electrons. The van der Waals surface area contributed by atoms with Crippen molar-refractivity contribution in [3.8, 4) is 5.75 Å². The van der Waals surface area contributed by atoms with E-state index in [0.29, 0.717) is 17.4 Å². The van der Waals surface area contributed by atoms with Gasteiger partial charge in [0, 0.05) is 0 Å². The molecular weight excluding hydrogens is 230 g/mol. The maximum atomic E-state index is 12.7. The van der Waals surface area contributed by atoms with E-state index in [-0.39, 0.29) is 22.5 Å². The van der Waals surface area contributed by atoms with Gasteiger partial charge in [0.1, 0.15) is 5.82 Å². The van der Waals surface area contributed by atoms with Gasteiger partial charge < -0.3 is 10.5 Å². The summed E-state index contributed by atoms with van der Waals surface area (Å²) in [5.74, 6) is 1.83. The number of carbonyl (C=O) groups excluding carboxylic acids is 1. The molecule has 18 heavy (non-hydrogen) atoms. The summed E-state index contributed by atoms with van der Waals surface area (Å²) in [5.41, 5.74) is 4.93. The van der Waals surface area contributed by atoms with Gasteiger partial charge in [0.05, 0.1) is 0 Å². The van der Waals surface area contributed by atoms with E-state index in [2.05, 4.69) is 18.8 Å². The van der Waals surface area contributed by atoms with Gasteiger partial charge in [-0.1, -0.05) is 0 Å². The first kappa shape index (κ1) is 11.5. The largest absolute Gasteiger partial charge is 0.466 e. The average Bonchev–Trinajstić information content (AvgIpc) is 2.82. The minimum Gasteiger partial charge on any atom is -0.466 e. The maximum absolute atomic E-state index is 12.7. The summed E-state index contributed by atoms with van der Waals surface area (Å²) in [5, 5.41) is 0. The van der Waals surface area contributed by atoms with Crippen LogP contribution in [0.15, 0.2) is 12.1 Å². The number of pyridine rings is 1. The van der Waals surface area contributed by atoms with E-state index in [4.69, 9.17) is 10.5 Å². The smallest absolute Gasteiger partial charge is 0.364 e. The third-order valence-electron chi connectivity index (χ3n) is 4.32. The van der Waals surface area contributed by atoms with Gasteiger partial charge in [-0.05, 0) is 39.8 Å². The molecule has 1 spiro atoms. The van der Waals surface area contributed by atoms with Crippen molar-refractivity contribution in [2.24, 2.45) is 0 Å². The number of aromatic nitrogens is 1. The molecule has 5 heteroatoms. The Hall–Kier alpha value is -1.62. The zero-order valence-corrected chi connectivity index (χ0v) is 11.1. The number of nitrogen functional groups attached to an aromatic ring is 1. The topological polar surface area (TPSA) is 65.2 Å². The molecule has 2 aliphatic heterocycles. The number of carbonyl (C=O) groups is 1. The van der Waals surface area contributed by atoms with Gasteiger partial charge in [-0.3, -0.25) is 0 Å². The minimum absolute atomic E-state index is 0.0631. The molecule has 0 radical (unpaired) electrons. The summed E-state index contributed by atoms with van der Waals surface area (Å²) in [4.78, 5) is 17.0. The molecule has 0 aliphatic carbocycles. The number of nitrogens with two attached hydrogens (primary N) is 1. The van der Waals surface area contributed by atoms with Crippen LogP contribution in [0.4, 0.5) is 11.6 Å². The highest BCUT2D eigenvalue weighted by Gasteiger charge is 2.74. The Morgan fingerprint density at radius 1 is 1.33 bits per heavy atom. The fourth-order valence-corrected chi connectivity index (χ4v) is 3.10. The molecule has 1 aromatic heterocycles. The second-order valence-electron chi connectivity index (χ2n) is 5.73. The van der Waals surface area contributed by atoms with Gasteiger partial charge in [0.15, 0.2) is 12.1 Å². The average molecular weight is 248 g/mol. The number of amides is 1. The van der Waals surface area contributed by atoms with Crippen molar-refractivity contribution in [1.82, 2.24) is 9.47 Å². The lowest BCUT2D eigenvalue weighted by molar-refractivity contribution is -0.142. The fraction of sp³-hybridized carbons (Fsp3) is 0.538. The number of rotatable bonds is 0. The molecule has 0 saturated carbocycles. The third kappa shape index (κ3) is 1.10.